The maximum absolute atomic E-state index is 12.1. The minimum absolute atomic E-state index is 0.0736. The molecule has 0 N–H and O–H groups in total. The smallest absolute Gasteiger partial charge is 0.410 e. The summed E-state index contributed by atoms with van der Waals surface area (Å²) in [4.78, 5) is 27.1. The minimum Gasteiger partial charge on any atom is -0.444 e. The largest absolute Gasteiger partial charge is 0.444 e. The molecule has 1 aromatic rings. The zero-order valence-electron chi connectivity index (χ0n) is 14.7. The van der Waals surface area contributed by atoms with Gasteiger partial charge in [-0.25, -0.2) is 4.79 Å². The Kier molecular flexibility index (Phi) is 4.90. The van der Waals surface area contributed by atoms with E-state index in [1.54, 1.807) is 4.90 Å². The van der Waals surface area contributed by atoms with Gasteiger partial charge in [-0.1, -0.05) is 5.10 Å². The molecule has 138 valence electrons. The van der Waals surface area contributed by atoms with Gasteiger partial charge in [0.2, 0.25) is 11.8 Å². The van der Waals surface area contributed by atoms with Gasteiger partial charge in [0.25, 0.3) is 0 Å². The molecule has 3 heterocycles. The first-order valence-corrected chi connectivity index (χ1v) is 8.92. The fourth-order valence-corrected chi connectivity index (χ4v) is 3.25. The number of likely N-dealkylation sites (tertiary alicyclic amines) is 1. The standard InChI is InChI=1S/C16H23ClN4O4/c1-16(2,3)25-15(23)20-6-4-10(5-7-20)13-18-19-14(24-13)21-9-11(17)8-12(21)22/h10-11H,4-9H2,1-3H3. The maximum atomic E-state index is 12.1. The molecule has 0 aromatic carbocycles. The number of halogens is 1. The van der Waals surface area contributed by atoms with Crippen LogP contribution in [0.5, 0.6) is 0 Å². The summed E-state index contributed by atoms with van der Waals surface area (Å²) in [7, 11) is 0. The van der Waals surface area contributed by atoms with Gasteiger partial charge in [0, 0.05) is 32.0 Å². The van der Waals surface area contributed by atoms with E-state index in [0.717, 1.165) is 0 Å². The van der Waals surface area contributed by atoms with E-state index in [0.29, 0.717) is 38.4 Å². The molecule has 2 aliphatic heterocycles. The molecule has 0 aliphatic carbocycles. The highest BCUT2D eigenvalue weighted by Crippen LogP contribution is 2.31. The van der Waals surface area contributed by atoms with Crippen molar-refractivity contribution in [2.75, 3.05) is 24.5 Å². The molecule has 0 bridgehead atoms. The van der Waals surface area contributed by atoms with Gasteiger partial charge in [-0.15, -0.1) is 16.7 Å². The Bertz CT molecular complexity index is 649. The predicted octanol–water partition coefficient (Wildman–Crippen LogP) is 2.53. The van der Waals surface area contributed by atoms with Crippen molar-refractivity contribution >= 4 is 29.6 Å². The Morgan fingerprint density at radius 2 is 1.96 bits per heavy atom. The Hall–Kier alpha value is -1.83. The predicted molar refractivity (Wildman–Crippen MR) is 90.7 cm³/mol. The highest BCUT2D eigenvalue weighted by atomic mass is 35.5. The van der Waals surface area contributed by atoms with Crippen molar-refractivity contribution in [1.82, 2.24) is 15.1 Å². The SMILES string of the molecule is CC(C)(C)OC(=O)N1CCC(c2nnc(N3CC(Cl)CC3=O)o2)CC1. The molecule has 2 amide bonds. The third-order valence-corrected chi connectivity index (χ3v) is 4.53. The Labute approximate surface area is 151 Å². The van der Waals surface area contributed by atoms with Crippen molar-refractivity contribution in [2.45, 2.75) is 56.9 Å². The Balaban J connectivity index is 1.57. The number of hydrogen-bond acceptors (Lipinski definition) is 6. The fraction of sp³-hybridized carbons (Fsp3) is 0.750. The quantitative estimate of drug-likeness (QED) is 0.743. The molecule has 2 saturated heterocycles. The van der Waals surface area contributed by atoms with Crippen LogP contribution in [0.4, 0.5) is 10.8 Å². The summed E-state index contributed by atoms with van der Waals surface area (Å²) in [5.74, 6) is 0.476. The van der Waals surface area contributed by atoms with E-state index in [-0.39, 0.29) is 35.7 Å². The van der Waals surface area contributed by atoms with Crippen LogP contribution < -0.4 is 4.90 Å². The second-order valence-corrected chi connectivity index (χ2v) is 8.09. The van der Waals surface area contributed by atoms with E-state index >= 15 is 0 Å². The van der Waals surface area contributed by atoms with Crippen molar-refractivity contribution in [3.05, 3.63) is 5.89 Å². The molecule has 8 nitrogen and oxygen atoms in total. The van der Waals surface area contributed by atoms with Crippen LogP contribution >= 0.6 is 11.6 Å². The van der Waals surface area contributed by atoms with E-state index in [1.165, 1.54) is 4.90 Å². The van der Waals surface area contributed by atoms with E-state index in [1.807, 2.05) is 20.8 Å². The number of carbonyl (C=O) groups excluding carboxylic acids is 2. The van der Waals surface area contributed by atoms with E-state index < -0.39 is 5.60 Å². The average Bonchev–Trinajstić information content (AvgIpc) is 3.12. The van der Waals surface area contributed by atoms with Crippen LogP contribution in [0.3, 0.4) is 0 Å². The van der Waals surface area contributed by atoms with E-state index in [9.17, 15) is 9.59 Å². The maximum Gasteiger partial charge on any atom is 0.410 e. The first-order valence-electron chi connectivity index (χ1n) is 8.48. The summed E-state index contributed by atoms with van der Waals surface area (Å²) >= 11 is 6.00. The number of nitrogens with zero attached hydrogens (tertiary/aromatic N) is 4. The second kappa shape index (κ2) is 6.82. The number of ether oxygens (including phenoxy) is 1. The molecule has 3 rings (SSSR count). The summed E-state index contributed by atoms with van der Waals surface area (Å²) in [6, 6.07) is 0.206. The monoisotopic (exact) mass is 370 g/mol. The molecule has 1 unspecified atom stereocenters. The van der Waals surface area contributed by atoms with Gasteiger partial charge >= 0.3 is 12.1 Å². The van der Waals surface area contributed by atoms with Gasteiger partial charge in [-0.2, -0.15) is 0 Å². The van der Waals surface area contributed by atoms with Crippen LogP contribution in [-0.4, -0.2) is 57.7 Å². The van der Waals surface area contributed by atoms with Crippen LogP contribution in [0.15, 0.2) is 4.42 Å². The summed E-state index contributed by atoms with van der Waals surface area (Å²) in [5, 5.41) is 7.85. The molecule has 0 spiro atoms. The zero-order valence-corrected chi connectivity index (χ0v) is 15.5. The highest BCUT2D eigenvalue weighted by Gasteiger charge is 2.34. The summed E-state index contributed by atoms with van der Waals surface area (Å²) < 4.78 is 11.1. The highest BCUT2D eigenvalue weighted by molar-refractivity contribution is 6.24. The number of rotatable bonds is 2. The van der Waals surface area contributed by atoms with Gasteiger partial charge < -0.3 is 14.1 Å². The van der Waals surface area contributed by atoms with Crippen molar-refractivity contribution in [3.63, 3.8) is 0 Å². The molecular weight excluding hydrogens is 348 g/mol. The lowest BCUT2D eigenvalue weighted by Crippen LogP contribution is -2.41. The lowest BCUT2D eigenvalue weighted by Gasteiger charge is -2.32. The van der Waals surface area contributed by atoms with Crippen LogP contribution in [-0.2, 0) is 9.53 Å². The van der Waals surface area contributed by atoms with Gasteiger partial charge in [-0.3, -0.25) is 9.69 Å². The van der Waals surface area contributed by atoms with Crippen molar-refractivity contribution in [3.8, 4) is 0 Å². The Morgan fingerprint density at radius 3 is 2.52 bits per heavy atom. The van der Waals surface area contributed by atoms with Crippen LogP contribution in [0.25, 0.3) is 0 Å². The van der Waals surface area contributed by atoms with Crippen LogP contribution in [0.1, 0.15) is 51.8 Å². The van der Waals surface area contributed by atoms with E-state index in [4.69, 9.17) is 20.8 Å². The number of carbonyl (C=O) groups is 2. The number of alkyl halides is 1. The zero-order chi connectivity index (χ0) is 18.2. The molecule has 0 saturated carbocycles. The van der Waals surface area contributed by atoms with Gasteiger partial charge in [0.05, 0.1) is 5.38 Å². The molecule has 1 aromatic heterocycles. The number of aromatic nitrogens is 2. The summed E-state index contributed by atoms with van der Waals surface area (Å²) in [6.45, 7) is 7.08. The van der Waals surface area contributed by atoms with Crippen molar-refractivity contribution in [1.29, 1.82) is 0 Å². The first kappa shape index (κ1) is 18.0. The molecule has 2 aliphatic rings. The molecule has 25 heavy (non-hydrogen) atoms. The number of amides is 2. The van der Waals surface area contributed by atoms with Crippen molar-refractivity contribution < 1.29 is 18.7 Å². The van der Waals surface area contributed by atoms with Gasteiger partial charge in [-0.05, 0) is 33.6 Å². The molecule has 2 fully saturated rings. The van der Waals surface area contributed by atoms with Gasteiger partial charge in [0.15, 0.2) is 0 Å². The normalized spacial score (nSPS) is 22.6. The second-order valence-electron chi connectivity index (χ2n) is 7.47. The topological polar surface area (TPSA) is 88.8 Å². The molecular formula is C16H23ClN4O4. The molecule has 1 atom stereocenters. The van der Waals surface area contributed by atoms with Crippen LogP contribution in [0, 0.1) is 0 Å². The number of anilines is 1. The third kappa shape index (κ3) is 4.23. The van der Waals surface area contributed by atoms with Crippen molar-refractivity contribution in [2.24, 2.45) is 0 Å². The summed E-state index contributed by atoms with van der Waals surface area (Å²) in [6.07, 6.45) is 1.42. The van der Waals surface area contributed by atoms with Crippen LogP contribution in [0.2, 0.25) is 0 Å². The molecule has 0 radical (unpaired) electrons. The molecule has 9 heteroatoms. The first-order chi connectivity index (χ1) is 11.7. The fourth-order valence-electron chi connectivity index (χ4n) is 2.98. The number of hydrogen-bond donors (Lipinski definition) is 0. The number of piperidine rings is 1. The lowest BCUT2D eigenvalue weighted by molar-refractivity contribution is -0.117. The third-order valence-electron chi connectivity index (χ3n) is 4.23. The summed E-state index contributed by atoms with van der Waals surface area (Å²) in [5.41, 5.74) is -0.502. The lowest BCUT2D eigenvalue weighted by atomic mass is 9.97. The average molecular weight is 371 g/mol. The van der Waals surface area contributed by atoms with Gasteiger partial charge in [0.1, 0.15) is 5.60 Å². The Morgan fingerprint density at radius 1 is 1.28 bits per heavy atom. The minimum atomic E-state index is -0.502. The van der Waals surface area contributed by atoms with E-state index in [2.05, 4.69) is 10.2 Å².